The summed E-state index contributed by atoms with van der Waals surface area (Å²) in [5, 5.41) is 2.84. The summed E-state index contributed by atoms with van der Waals surface area (Å²) in [5.41, 5.74) is 1.73. The first-order valence-electron chi connectivity index (χ1n) is 8.71. The maximum atomic E-state index is 12.6. The van der Waals surface area contributed by atoms with Crippen LogP contribution in [0.2, 0.25) is 0 Å². The Kier molecular flexibility index (Phi) is 5.80. The van der Waals surface area contributed by atoms with Gasteiger partial charge in [0, 0.05) is 25.3 Å². The standard InChI is InChI=1S/C20H23N3O4/c1-26-17-8-6-16(7-9-17)23-11-10-22(20(23)25)14-19(24)21-13-15-4-3-5-18(12-15)27-2/h3-9,12H,10-11,13-14H2,1-2H3,(H,21,24). The number of hydrogen-bond donors (Lipinski definition) is 1. The Bertz CT molecular complexity index is 807. The van der Waals surface area contributed by atoms with E-state index >= 15 is 0 Å². The zero-order valence-corrected chi connectivity index (χ0v) is 15.5. The minimum absolute atomic E-state index is 0.0372. The zero-order chi connectivity index (χ0) is 19.2. The van der Waals surface area contributed by atoms with E-state index in [1.54, 1.807) is 24.0 Å². The number of amides is 3. The van der Waals surface area contributed by atoms with Crippen LogP contribution in [0.5, 0.6) is 11.5 Å². The van der Waals surface area contributed by atoms with Gasteiger partial charge < -0.3 is 19.7 Å². The first-order chi connectivity index (χ1) is 13.1. The number of carbonyl (C=O) groups is 2. The molecule has 1 aliphatic heterocycles. The van der Waals surface area contributed by atoms with Crippen LogP contribution in [0.1, 0.15) is 5.56 Å². The van der Waals surface area contributed by atoms with Gasteiger partial charge in [0.1, 0.15) is 18.0 Å². The van der Waals surface area contributed by atoms with E-state index in [2.05, 4.69) is 5.32 Å². The molecule has 0 saturated carbocycles. The molecular formula is C20H23N3O4. The van der Waals surface area contributed by atoms with E-state index in [-0.39, 0.29) is 18.5 Å². The number of methoxy groups -OCH3 is 2. The number of ether oxygens (including phenoxy) is 2. The van der Waals surface area contributed by atoms with E-state index in [4.69, 9.17) is 9.47 Å². The molecule has 1 aliphatic rings. The lowest BCUT2D eigenvalue weighted by Gasteiger charge is -2.18. The van der Waals surface area contributed by atoms with Gasteiger partial charge >= 0.3 is 6.03 Å². The minimum atomic E-state index is -0.192. The Balaban J connectivity index is 1.53. The van der Waals surface area contributed by atoms with Crippen LogP contribution in [0, 0.1) is 0 Å². The van der Waals surface area contributed by atoms with Crippen molar-refractivity contribution in [3.05, 3.63) is 54.1 Å². The predicted octanol–water partition coefficient (Wildman–Crippen LogP) is 2.26. The average molecular weight is 369 g/mol. The van der Waals surface area contributed by atoms with Crippen molar-refractivity contribution in [3.63, 3.8) is 0 Å². The number of nitrogens with one attached hydrogen (secondary N) is 1. The molecule has 1 heterocycles. The number of hydrogen-bond acceptors (Lipinski definition) is 4. The minimum Gasteiger partial charge on any atom is -0.497 e. The van der Waals surface area contributed by atoms with Gasteiger partial charge in [-0.1, -0.05) is 12.1 Å². The van der Waals surface area contributed by atoms with Crippen molar-refractivity contribution in [1.29, 1.82) is 0 Å². The molecule has 1 saturated heterocycles. The van der Waals surface area contributed by atoms with E-state index in [1.165, 1.54) is 0 Å². The molecule has 0 aliphatic carbocycles. The highest BCUT2D eigenvalue weighted by atomic mass is 16.5. The van der Waals surface area contributed by atoms with Gasteiger partial charge in [-0.2, -0.15) is 0 Å². The first-order valence-corrected chi connectivity index (χ1v) is 8.71. The molecule has 7 heteroatoms. The Morgan fingerprint density at radius 1 is 1.04 bits per heavy atom. The summed E-state index contributed by atoms with van der Waals surface area (Å²) in [5.74, 6) is 1.29. The number of benzene rings is 2. The molecule has 2 aromatic rings. The molecule has 7 nitrogen and oxygen atoms in total. The molecule has 0 aromatic heterocycles. The second kappa shape index (κ2) is 8.44. The third-order valence-corrected chi connectivity index (χ3v) is 4.44. The summed E-state index contributed by atoms with van der Waals surface area (Å²) in [6.45, 7) is 1.49. The largest absolute Gasteiger partial charge is 0.497 e. The van der Waals surface area contributed by atoms with Gasteiger partial charge in [-0.3, -0.25) is 9.69 Å². The highest BCUT2D eigenvalue weighted by Gasteiger charge is 2.30. The lowest BCUT2D eigenvalue weighted by atomic mass is 10.2. The molecule has 142 valence electrons. The van der Waals surface area contributed by atoms with Crippen molar-refractivity contribution in [2.75, 3.05) is 38.8 Å². The van der Waals surface area contributed by atoms with Crippen molar-refractivity contribution in [1.82, 2.24) is 10.2 Å². The van der Waals surface area contributed by atoms with Crippen LogP contribution in [0.15, 0.2) is 48.5 Å². The molecule has 0 bridgehead atoms. The highest BCUT2D eigenvalue weighted by Crippen LogP contribution is 2.23. The van der Waals surface area contributed by atoms with E-state index in [9.17, 15) is 9.59 Å². The molecule has 3 rings (SSSR count). The van der Waals surface area contributed by atoms with Gasteiger partial charge in [0.2, 0.25) is 5.91 Å². The molecule has 0 unspecified atom stereocenters. The second-order valence-corrected chi connectivity index (χ2v) is 6.18. The SMILES string of the molecule is COc1ccc(N2CCN(CC(=O)NCc3cccc(OC)c3)C2=O)cc1. The molecule has 27 heavy (non-hydrogen) atoms. The van der Waals surface area contributed by atoms with E-state index in [1.807, 2.05) is 48.5 Å². The molecule has 2 aromatic carbocycles. The zero-order valence-electron chi connectivity index (χ0n) is 15.5. The van der Waals surface area contributed by atoms with Crippen molar-refractivity contribution < 1.29 is 19.1 Å². The molecule has 1 fully saturated rings. The summed E-state index contributed by atoms with van der Waals surface area (Å²) < 4.78 is 10.3. The Hall–Kier alpha value is -3.22. The fraction of sp³-hybridized carbons (Fsp3) is 0.300. The molecule has 0 spiro atoms. The number of nitrogens with zero attached hydrogens (tertiary/aromatic N) is 2. The Labute approximate surface area is 158 Å². The Morgan fingerprint density at radius 2 is 1.78 bits per heavy atom. The summed E-state index contributed by atoms with van der Waals surface area (Å²) in [7, 11) is 3.20. The van der Waals surface area contributed by atoms with Gasteiger partial charge in [0.25, 0.3) is 0 Å². The second-order valence-electron chi connectivity index (χ2n) is 6.18. The third-order valence-electron chi connectivity index (χ3n) is 4.44. The quantitative estimate of drug-likeness (QED) is 0.813. The fourth-order valence-electron chi connectivity index (χ4n) is 2.94. The molecule has 3 amide bonds. The number of rotatable bonds is 7. The Morgan fingerprint density at radius 3 is 2.48 bits per heavy atom. The van der Waals surface area contributed by atoms with Crippen molar-refractivity contribution >= 4 is 17.6 Å². The van der Waals surface area contributed by atoms with Crippen molar-refractivity contribution in [2.45, 2.75) is 6.54 Å². The number of anilines is 1. The van der Waals surface area contributed by atoms with Gasteiger partial charge in [0.05, 0.1) is 14.2 Å². The summed E-state index contributed by atoms with van der Waals surface area (Å²) >= 11 is 0. The lowest BCUT2D eigenvalue weighted by Crippen LogP contribution is -2.39. The molecule has 0 radical (unpaired) electrons. The van der Waals surface area contributed by atoms with Crippen molar-refractivity contribution in [3.8, 4) is 11.5 Å². The van der Waals surface area contributed by atoms with Crippen molar-refractivity contribution in [2.24, 2.45) is 0 Å². The van der Waals surface area contributed by atoms with Crippen LogP contribution in [0.25, 0.3) is 0 Å². The fourth-order valence-corrected chi connectivity index (χ4v) is 2.94. The lowest BCUT2D eigenvalue weighted by molar-refractivity contribution is -0.121. The predicted molar refractivity (Wildman–Crippen MR) is 102 cm³/mol. The maximum absolute atomic E-state index is 12.6. The third kappa shape index (κ3) is 4.49. The highest BCUT2D eigenvalue weighted by molar-refractivity contribution is 5.96. The van der Waals surface area contributed by atoms with Gasteiger partial charge in [-0.25, -0.2) is 4.79 Å². The summed E-state index contributed by atoms with van der Waals surface area (Å²) in [6, 6.07) is 14.6. The van der Waals surface area contributed by atoms with Gasteiger partial charge in [-0.15, -0.1) is 0 Å². The van der Waals surface area contributed by atoms with Crippen LogP contribution >= 0.6 is 0 Å². The monoisotopic (exact) mass is 369 g/mol. The van der Waals surface area contributed by atoms with E-state index in [0.29, 0.717) is 19.6 Å². The van der Waals surface area contributed by atoms with Gasteiger partial charge in [-0.05, 0) is 42.0 Å². The van der Waals surface area contributed by atoms with Crippen LogP contribution in [0.3, 0.4) is 0 Å². The number of urea groups is 1. The van der Waals surface area contributed by atoms with Crippen LogP contribution < -0.4 is 19.7 Å². The molecule has 1 N–H and O–H groups in total. The van der Waals surface area contributed by atoms with Gasteiger partial charge in [0.15, 0.2) is 0 Å². The molecular weight excluding hydrogens is 346 g/mol. The maximum Gasteiger partial charge on any atom is 0.325 e. The molecule has 0 atom stereocenters. The van der Waals surface area contributed by atoms with Crippen LogP contribution in [-0.2, 0) is 11.3 Å². The topological polar surface area (TPSA) is 71.1 Å². The number of carbonyl (C=O) groups excluding carboxylic acids is 2. The first kappa shape index (κ1) is 18.6. The average Bonchev–Trinajstić information content (AvgIpc) is 3.07. The summed E-state index contributed by atoms with van der Waals surface area (Å²) in [4.78, 5) is 28.0. The smallest absolute Gasteiger partial charge is 0.325 e. The van der Waals surface area contributed by atoms with E-state index in [0.717, 1.165) is 22.7 Å². The van der Waals surface area contributed by atoms with E-state index < -0.39 is 0 Å². The van der Waals surface area contributed by atoms with Crippen LogP contribution in [0.4, 0.5) is 10.5 Å². The summed E-state index contributed by atoms with van der Waals surface area (Å²) in [6.07, 6.45) is 0. The van der Waals surface area contributed by atoms with Crippen LogP contribution in [-0.4, -0.2) is 50.7 Å². The normalized spacial score (nSPS) is 13.6.